The topological polar surface area (TPSA) is 68.2 Å². The van der Waals surface area contributed by atoms with Crippen LogP contribution >= 0.6 is 0 Å². The Labute approximate surface area is 208 Å². The average molecular weight is 499 g/mol. The summed E-state index contributed by atoms with van der Waals surface area (Å²) < 4.78 is 46.6. The third-order valence-corrected chi connectivity index (χ3v) is 6.31. The van der Waals surface area contributed by atoms with E-state index in [0.717, 1.165) is 49.8 Å². The molecule has 0 unspecified atom stereocenters. The van der Waals surface area contributed by atoms with Crippen LogP contribution in [0.15, 0.2) is 42.6 Å². The standard InChI is InChI=1S/C27H29F3N4O2/c1-31-26(35)24-8-7-22(17-33-24)32-12-2-3-23-16-21-15-20(5-4-19-10-13-36-14-11-19)6-9-25(21)34(23)18-27(28,29)30/h6-9,15-17,19,32H,4-5,10-14,18H2,1H3,(H,31,35). The minimum absolute atomic E-state index is 0.213. The molecule has 3 aromatic rings. The van der Waals surface area contributed by atoms with Crippen molar-refractivity contribution < 1.29 is 22.7 Å². The highest BCUT2D eigenvalue weighted by molar-refractivity contribution is 5.92. The van der Waals surface area contributed by atoms with Gasteiger partial charge in [-0.25, -0.2) is 4.98 Å². The summed E-state index contributed by atoms with van der Waals surface area (Å²) in [5.74, 6) is 6.14. The summed E-state index contributed by atoms with van der Waals surface area (Å²) in [6, 6.07) is 10.7. The lowest BCUT2D eigenvalue weighted by atomic mass is 9.92. The molecule has 2 N–H and O–H groups in total. The van der Waals surface area contributed by atoms with Crippen molar-refractivity contribution in [2.24, 2.45) is 5.92 Å². The Kier molecular flexibility index (Phi) is 8.16. The van der Waals surface area contributed by atoms with E-state index in [0.29, 0.717) is 22.8 Å². The number of aryl methyl sites for hydroxylation is 1. The summed E-state index contributed by atoms with van der Waals surface area (Å²) in [7, 11) is 1.53. The number of carbonyl (C=O) groups excluding carboxylic acids is 1. The maximum atomic E-state index is 13.3. The van der Waals surface area contributed by atoms with E-state index in [-0.39, 0.29) is 18.1 Å². The number of carbonyl (C=O) groups is 1. The Morgan fingerprint density at radius 1 is 1.19 bits per heavy atom. The van der Waals surface area contributed by atoms with Crippen LogP contribution in [0.25, 0.3) is 10.9 Å². The van der Waals surface area contributed by atoms with Crippen LogP contribution in [0.2, 0.25) is 0 Å². The second-order valence-corrected chi connectivity index (χ2v) is 8.89. The first kappa shape index (κ1) is 25.6. The maximum absolute atomic E-state index is 13.3. The highest BCUT2D eigenvalue weighted by atomic mass is 19.4. The highest BCUT2D eigenvalue weighted by Crippen LogP contribution is 2.28. The third-order valence-electron chi connectivity index (χ3n) is 6.31. The van der Waals surface area contributed by atoms with E-state index in [1.807, 2.05) is 12.1 Å². The molecule has 0 radical (unpaired) electrons. The van der Waals surface area contributed by atoms with Gasteiger partial charge >= 0.3 is 6.18 Å². The number of nitrogens with zero attached hydrogens (tertiary/aromatic N) is 2. The van der Waals surface area contributed by atoms with Crippen molar-refractivity contribution in [3.8, 4) is 11.8 Å². The molecule has 1 aliphatic rings. The number of benzene rings is 1. The monoisotopic (exact) mass is 498 g/mol. The number of fused-ring (bicyclic) bond motifs is 1. The van der Waals surface area contributed by atoms with Gasteiger partial charge in [-0.05, 0) is 73.4 Å². The first-order chi connectivity index (χ1) is 17.3. The molecular weight excluding hydrogens is 469 g/mol. The number of anilines is 1. The molecule has 0 spiro atoms. The highest BCUT2D eigenvalue weighted by Gasteiger charge is 2.29. The van der Waals surface area contributed by atoms with Crippen molar-refractivity contribution in [1.82, 2.24) is 14.9 Å². The van der Waals surface area contributed by atoms with E-state index >= 15 is 0 Å². The van der Waals surface area contributed by atoms with Crippen LogP contribution in [0.1, 0.15) is 41.0 Å². The molecule has 190 valence electrons. The van der Waals surface area contributed by atoms with Gasteiger partial charge in [-0.3, -0.25) is 4.79 Å². The van der Waals surface area contributed by atoms with Crippen LogP contribution in [0.3, 0.4) is 0 Å². The second kappa shape index (κ2) is 11.5. The first-order valence-corrected chi connectivity index (χ1v) is 12.0. The number of hydrogen-bond acceptors (Lipinski definition) is 4. The van der Waals surface area contributed by atoms with Gasteiger partial charge in [0.1, 0.15) is 12.2 Å². The number of halogens is 3. The zero-order valence-electron chi connectivity index (χ0n) is 20.1. The number of alkyl halides is 3. The fraction of sp³-hybridized carbons (Fsp3) is 0.407. The van der Waals surface area contributed by atoms with Gasteiger partial charge in [-0.2, -0.15) is 13.2 Å². The SMILES string of the molecule is CNC(=O)c1ccc(NCC#Cc2cc3cc(CCC4CCOCC4)ccc3n2CC(F)(F)F)cn1. The lowest BCUT2D eigenvalue weighted by Gasteiger charge is -2.21. The Hall–Kier alpha value is -3.51. The molecule has 0 atom stereocenters. The molecule has 1 aromatic carbocycles. The van der Waals surface area contributed by atoms with Crippen LogP contribution in [0, 0.1) is 17.8 Å². The van der Waals surface area contributed by atoms with E-state index in [9.17, 15) is 18.0 Å². The fourth-order valence-corrected chi connectivity index (χ4v) is 4.38. The van der Waals surface area contributed by atoms with Gasteiger partial charge in [0.2, 0.25) is 0 Å². The summed E-state index contributed by atoms with van der Waals surface area (Å²) in [4.78, 5) is 15.6. The van der Waals surface area contributed by atoms with E-state index in [4.69, 9.17) is 4.74 Å². The Morgan fingerprint density at radius 2 is 2.00 bits per heavy atom. The Morgan fingerprint density at radius 3 is 2.69 bits per heavy atom. The number of rotatable bonds is 7. The van der Waals surface area contributed by atoms with Crippen molar-refractivity contribution in [3.05, 3.63) is 59.5 Å². The van der Waals surface area contributed by atoms with E-state index in [1.165, 1.54) is 17.8 Å². The summed E-state index contributed by atoms with van der Waals surface area (Å²) in [6.07, 6.45) is 1.21. The number of amides is 1. The molecule has 1 saturated heterocycles. The van der Waals surface area contributed by atoms with Crippen molar-refractivity contribution in [2.45, 2.75) is 38.4 Å². The van der Waals surface area contributed by atoms with Crippen LogP contribution in [-0.2, 0) is 17.7 Å². The number of aromatic nitrogens is 2. The second-order valence-electron chi connectivity index (χ2n) is 8.89. The minimum atomic E-state index is -4.36. The number of nitrogens with one attached hydrogen (secondary N) is 2. The molecule has 0 bridgehead atoms. The molecule has 9 heteroatoms. The van der Waals surface area contributed by atoms with Crippen LogP contribution in [0.4, 0.5) is 18.9 Å². The molecule has 4 rings (SSSR count). The quantitative estimate of drug-likeness (QED) is 0.460. The van der Waals surface area contributed by atoms with E-state index in [2.05, 4.69) is 27.5 Å². The molecule has 0 aliphatic carbocycles. The number of pyridine rings is 1. The number of ether oxygens (including phenoxy) is 1. The lowest BCUT2D eigenvalue weighted by molar-refractivity contribution is -0.140. The molecular formula is C27H29F3N4O2. The molecule has 36 heavy (non-hydrogen) atoms. The van der Waals surface area contributed by atoms with Gasteiger partial charge in [0.25, 0.3) is 5.91 Å². The van der Waals surface area contributed by atoms with Crippen LogP contribution < -0.4 is 10.6 Å². The molecule has 1 fully saturated rings. The van der Waals surface area contributed by atoms with Gasteiger partial charge in [-0.15, -0.1) is 0 Å². The molecule has 3 heterocycles. The maximum Gasteiger partial charge on any atom is 0.406 e. The number of hydrogen-bond donors (Lipinski definition) is 2. The van der Waals surface area contributed by atoms with Gasteiger partial charge in [0.05, 0.1) is 24.1 Å². The fourth-order valence-electron chi connectivity index (χ4n) is 4.38. The molecule has 0 saturated carbocycles. The van der Waals surface area contributed by atoms with Crippen molar-refractivity contribution in [2.75, 3.05) is 32.1 Å². The molecule has 1 aliphatic heterocycles. The Balaban J connectivity index is 1.47. The van der Waals surface area contributed by atoms with Crippen LogP contribution in [-0.4, -0.2) is 48.4 Å². The summed E-state index contributed by atoms with van der Waals surface area (Å²) in [5.41, 5.74) is 2.90. The van der Waals surface area contributed by atoms with Gasteiger partial charge in [0, 0.05) is 31.2 Å². The normalized spacial score (nSPS) is 14.3. The predicted octanol–water partition coefficient (Wildman–Crippen LogP) is 4.78. The zero-order chi connectivity index (χ0) is 25.5. The summed E-state index contributed by atoms with van der Waals surface area (Å²) in [6.45, 7) is 0.725. The summed E-state index contributed by atoms with van der Waals surface area (Å²) in [5, 5.41) is 6.31. The van der Waals surface area contributed by atoms with Crippen molar-refractivity contribution >= 4 is 22.5 Å². The smallest absolute Gasteiger partial charge is 0.381 e. The van der Waals surface area contributed by atoms with E-state index < -0.39 is 12.7 Å². The predicted molar refractivity (Wildman–Crippen MR) is 133 cm³/mol. The zero-order valence-corrected chi connectivity index (χ0v) is 20.1. The van der Waals surface area contributed by atoms with Crippen LogP contribution in [0.5, 0.6) is 0 Å². The van der Waals surface area contributed by atoms with Gasteiger partial charge in [-0.1, -0.05) is 12.0 Å². The minimum Gasteiger partial charge on any atom is -0.381 e. The van der Waals surface area contributed by atoms with E-state index in [1.54, 1.807) is 24.3 Å². The van der Waals surface area contributed by atoms with Gasteiger partial charge < -0.3 is 19.9 Å². The Bertz CT molecular complexity index is 1250. The van der Waals surface area contributed by atoms with Crippen molar-refractivity contribution in [3.63, 3.8) is 0 Å². The molecule has 2 aromatic heterocycles. The molecule has 1 amide bonds. The largest absolute Gasteiger partial charge is 0.406 e. The first-order valence-electron chi connectivity index (χ1n) is 12.0. The summed E-state index contributed by atoms with van der Waals surface area (Å²) >= 11 is 0. The van der Waals surface area contributed by atoms with Gasteiger partial charge in [0.15, 0.2) is 0 Å². The third kappa shape index (κ3) is 6.79. The lowest BCUT2D eigenvalue weighted by Crippen LogP contribution is -2.19. The average Bonchev–Trinajstić information content (AvgIpc) is 3.20. The molecule has 6 nitrogen and oxygen atoms in total. The van der Waals surface area contributed by atoms with Crippen molar-refractivity contribution in [1.29, 1.82) is 0 Å².